The molecular weight excluding hydrogens is 242 g/mol. The molecule has 0 aromatic heterocycles. The molecule has 0 radical (unpaired) electrons. The van der Waals surface area contributed by atoms with Crippen LogP contribution in [0.2, 0.25) is 0 Å². The average molecular weight is 275 g/mol. The summed E-state index contributed by atoms with van der Waals surface area (Å²) in [6, 6.07) is 9.66. The van der Waals surface area contributed by atoms with Gasteiger partial charge in [-0.3, -0.25) is 0 Å². The van der Waals surface area contributed by atoms with E-state index in [1.807, 2.05) is 0 Å². The normalized spacial score (nSPS) is 14.8. The van der Waals surface area contributed by atoms with Gasteiger partial charge in [-0.05, 0) is 48.3 Å². The lowest BCUT2D eigenvalue weighted by Gasteiger charge is -2.29. The van der Waals surface area contributed by atoms with Crippen molar-refractivity contribution in [3.8, 4) is 0 Å². The van der Waals surface area contributed by atoms with Crippen LogP contribution in [0.5, 0.6) is 0 Å². The van der Waals surface area contributed by atoms with Gasteiger partial charge in [0.25, 0.3) is 0 Å². The summed E-state index contributed by atoms with van der Waals surface area (Å²) in [4.78, 5) is 0. The topological polar surface area (TPSA) is 12.0 Å². The smallest absolute Gasteiger partial charge is 0.0348 e. The van der Waals surface area contributed by atoms with E-state index in [1.165, 1.54) is 24.0 Å². The Balaban J connectivity index is 2.94. The average Bonchev–Trinajstić information content (AvgIpc) is 2.38. The molecule has 0 heterocycles. The van der Waals surface area contributed by atoms with Crippen molar-refractivity contribution in [2.24, 2.45) is 17.8 Å². The second-order valence-corrected chi connectivity index (χ2v) is 6.88. The highest BCUT2D eigenvalue weighted by Gasteiger charge is 2.21. The molecule has 1 heteroatoms. The molecule has 114 valence electrons. The third-order valence-electron chi connectivity index (χ3n) is 4.15. The first kappa shape index (κ1) is 17.2. The van der Waals surface area contributed by atoms with E-state index in [-0.39, 0.29) is 0 Å². The lowest BCUT2D eigenvalue weighted by Crippen LogP contribution is -2.30. The third-order valence-corrected chi connectivity index (χ3v) is 4.15. The van der Waals surface area contributed by atoms with Crippen molar-refractivity contribution in [1.29, 1.82) is 0 Å². The zero-order valence-electron chi connectivity index (χ0n) is 14.2. The van der Waals surface area contributed by atoms with Gasteiger partial charge in [0.2, 0.25) is 0 Å². The Bertz CT molecular complexity index is 381. The van der Waals surface area contributed by atoms with E-state index in [0.29, 0.717) is 17.9 Å². The number of hydrogen-bond acceptors (Lipinski definition) is 1. The van der Waals surface area contributed by atoms with Crippen LogP contribution in [0.3, 0.4) is 0 Å². The predicted octanol–water partition coefficient (Wildman–Crippen LogP) is 5.22. The molecule has 0 spiro atoms. The second kappa shape index (κ2) is 8.46. The number of hydrogen-bond donors (Lipinski definition) is 1. The molecule has 20 heavy (non-hydrogen) atoms. The van der Waals surface area contributed by atoms with Crippen molar-refractivity contribution in [1.82, 2.24) is 5.32 Å². The summed E-state index contributed by atoms with van der Waals surface area (Å²) < 4.78 is 0. The molecule has 1 rings (SSSR count). The first-order chi connectivity index (χ1) is 9.45. The lowest BCUT2D eigenvalue weighted by molar-refractivity contribution is 0.303. The Morgan fingerprint density at radius 2 is 1.75 bits per heavy atom. The SMILES string of the molecule is CCCNC(c1cccc(CC(C)C)c1)C(C)C(C)C. The minimum atomic E-state index is 0.474. The largest absolute Gasteiger partial charge is 0.310 e. The maximum Gasteiger partial charge on any atom is 0.0348 e. The van der Waals surface area contributed by atoms with E-state index in [9.17, 15) is 0 Å². The summed E-state index contributed by atoms with van der Waals surface area (Å²) in [5, 5.41) is 3.75. The first-order valence-corrected chi connectivity index (χ1v) is 8.27. The predicted molar refractivity (Wildman–Crippen MR) is 90.0 cm³/mol. The van der Waals surface area contributed by atoms with Crippen molar-refractivity contribution >= 4 is 0 Å². The zero-order valence-corrected chi connectivity index (χ0v) is 14.2. The summed E-state index contributed by atoms with van der Waals surface area (Å²) in [7, 11) is 0. The number of rotatable bonds is 8. The van der Waals surface area contributed by atoms with Crippen LogP contribution in [0.4, 0.5) is 0 Å². The van der Waals surface area contributed by atoms with Gasteiger partial charge in [0.1, 0.15) is 0 Å². The van der Waals surface area contributed by atoms with Gasteiger partial charge in [-0.1, -0.05) is 65.8 Å². The Morgan fingerprint density at radius 1 is 1.05 bits per heavy atom. The summed E-state index contributed by atoms with van der Waals surface area (Å²) in [6.45, 7) is 14.9. The van der Waals surface area contributed by atoms with Crippen molar-refractivity contribution in [2.75, 3.05) is 6.54 Å². The van der Waals surface area contributed by atoms with Crippen LogP contribution in [-0.4, -0.2) is 6.54 Å². The number of nitrogens with one attached hydrogen (secondary N) is 1. The molecule has 0 aliphatic rings. The van der Waals surface area contributed by atoms with Gasteiger partial charge < -0.3 is 5.32 Å². The maximum absolute atomic E-state index is 3.75. The van der Waals surface area contributed by atoms with Gasteiger partial charge in [0, 0.05) is 6.04 Å². The fourth-order valence-electron chi connectivity index (χ4n) is 2.68. The summed E-state index contributed by atoms with van der Waals surface area (Å²) in [5.41, 5.74) is 2.93. The zero-order chi connectivity index (χ0) is 15.1. The molecule has 2 unspecified atom stereocenters. The Morgan fingerprint density at radius 3 is 2.30 bits per heavy atom. The molecule has 0 amide bonds. The van der Waals surface area contributed by atoms with Crippen molar-refractivity contribution < 1.29 is 0 Å². The fourth-order valence-corrected chi connectivity index (χ4v) is 2.68. The fraction of sp³-hybridized carbons (Fsp3) is 0.684. The van der Waals surface area contributed by atoms with Crippen molar-refractivity contribution in [2.45, 2.75) is 60.4 Å². The van der Waals surface area contributed by atoms with E-state index in [0.717, 1.165) is 12.5 Å². The molecule has 1 nitrogen and oxygen atoms in total. The Hall–Kier alpha value is -0.820. The highest BCUT2D eigenvalue weighted by Crippen LogP contribution is 2.28. The molecule has 2 atom stereocenters. The minimum Gasteiger partial charge on any atom is -0.310 e. The molecule has 1 aromatic carbocycles. The van der Waals surface area contributed by atoms with E-state index in [1.54, 1.807) is 0 Å². The van der Waals surface area contributed by atoms with Crippen LogP contribution in [0, 0.1) is 17.8 Å². The Labute approximate surface area is 126 Å². The summed E-state index contributed by atoms with van der Waals surface area (Å²) in [5.74, 6) is 2.06. The summed E-state index contributed by atoms with van der Waals surface area (Å²) >= 11 is 0. The first-order valence-electron chi connectivity index (χ1n) is 8.27. The van der Waals surface area contributed by atoms with Gasteiger partial charge >= 0.3 is 0 Å². The molecule has 0 fully saturated rings. The van der Waals surface area contributed by atoms with Crippen LogP contribution < -0.4 is 5.32 Å². The lowest BCUT2D eigenvalue weighted by atomic mass is 9.85. The van der Waals surface area contributed by atoms with Gasteiger partial charge in [0.05, 0.1) is 0 Å². The van der Waals surface area contributed by atoms with Gasteiger partial charge in [-0.15, -0.1) is 0 Å². The molecular formula is C19H33N. The minimum absolute atomic E-state index is 0.474. The van der Waals surface area contributed by atoms with Gasteiger partial charge in [-0.25, -0.2) is 0 Å². The maximum atomic E-state index is 3.75. The van der Waals surface area contributed by atoms with E-state index >= 15 is 0 Å². The molecule has 0 aliphatic heterocycles. The molecule has 1 aromatic rings. The highest BCUT2D eigenvalue weighted by molar-refractivity contribution is 5.27. The molecule has 0 aliphatic carbocycles. The Kier molecular flexibility index (Phi) is 7.29. The summed E-state index contributed by atoms with van der Waals surface area (Å²) in [6.07, 6.45) is 2.36. The van der Waals surface area contributed by atoms with Crippen molar-refractivity contribution in [3.05, 3.63) is 35.4 Å². The third kappa shape index (κ3) is 5.28. The van der Waals surface area contributed by atoms with Crippen LogP contribution in [0.1, 0.15) is 65.1 Å². The van der Waals surface area contributed by atoms with E-state index in [2.05, 4.69) is 71.1 Å². The van der Waals surface area contributed by atoms with Gasteiger partial charge in [0.15, 0.2) is 0 Å². The number of benzene rings is 1. The highest BCUT2D eigenvalue weighted by atomic mass is 14.9. The quantitative estimate of drug-likeness (QED) is 0.686. The van der Waals surface area contributed by atoms with Crippen LogP contribution in [0.15, 0.2) is 24.3 Å². The second-order valence-electron chi connectivity index (χ2n) is 6.88. The van der Waals surface area contributed by atoms with Crippen molar-refractivity contribution in [3.63, 3.8) is 0 Å². The van der Waals surface area contributed by atoms with Crippen LogP contribution >= 0.6 is 0 Å². The van der Waals surface area contributed by atoms with Crippen LogP contribution in [0.25, 0.3) is 0 Å². The standard InChI is InChI=1S/C19H33N/c1-7-11-20-19(16(6)15(4)5)18-10-8-9-17(13-18)12-14(2)3/h8-10,13-16,19-20H,7,11-12H2,1-6H3. The van der Waals surface area contributed by atoms with Gasteiger partial charge in [-0.2, -0.15) is 0 Å². The monoisotopic (exact) mass is 275 g/mol. The van der Waals surface area contributed by atoms with E-state index in [4.69, 9.17) is 0 Å². The molecule has 0 bridgehead atoms. The molecule has 0 saturated carbocycles. The van der Waals surface area contributed by atoms with Crippen LogP contribution in [-0.2, 0) is 6.42 Å². The molecule has 1 N–H and O–H groups in total. The van der Waals surface area contributed by atoms with E-state index < -0.39 is 0 Å². The molecule has 0 saturated heterocycles.